The largest absolute Gasteiger partial charge is 0.306 e. The molecule has 1 aromatic rings. The first-order valence-corrected chi connectivity index (χ1v) is 7.40. The zero-order chi connectivity index (χ0) is 10.8. The van der Waals surface area contributed by atoms with Crippen molar-refractivity contribution < 1.29 is 0 Å². The molecule has 0 aromatic heterocycles. The minimum atomic E-state index is 0.601. The molecule has 2 aliphatic rings. The van der Waals surface area contributed by atoms with Gasteiger partial charge in [0.1, 0.15) is 0 Å². The van der Waals surface area contributed by atoms with Gasteiger partial charge in [0.05, 0.1) is 0 Å². The molecule has 1 fully saturated rings. The van der Waals surface area contributed by atoms with E-state index in [1.165, 1.54) is 48.3 Å². The number of thioether (sulfide) groups is 1. The van der Waals surface area contributed by atoms with Crippen LogP contribution >= 0.6 is 11.8 Å². The minimum Gasteiger partial charge on any atom is -0.306 e. The molecule has 1 saturated carbocycles. The van der Waals surface area contributed by atoms with Gasteiger partial charge in [0.15, 0.2) is 0 Å². The first kappa shape index (κ1) is 10.7. The van der Waals surface area contributed by atoms with Crippen LogP contribution < -0.4 is 5.32 Å². The summed E-state index contributed by atoms with van der Waals surface area (Å²) in [5, 5.41) is 3.85. The number of fused-ring (bicyclic) bond motifs is 1. The summed E-state index contributed by atoms with van der Waals surface area (Å²) in [6.45, 7) is 0. The molecule has 1 atom stereocenters. The maximum Gasteiger partial charge on any atom is 0.0428 e. The monoisotopic (exact) mass is 233 g/mol. The van der Waals surface area contributed by atoms with Crippen molar-refractivity contribution in [1.82, 2.24) is 5.32 Å². The molecule has 0 radical (unpaired) electrons. The quantitative estimate of drug-likeness (QED) is 0.835. The van der Waals surface area contributed by atoms with Gasteiger partial charge in [-0.3, -0.25) is 0 Å². The second kappa shape index (κ2) is 4.80. The van der Waals surface area contributed by atoms with E-state index in [1.807, 2.05) is 11.8 Å². The standard InChI is InChI=1S/C14H19NS/c1-2-6-11(7-3-1)15-13-10-16-14-9-5-4-8-12(13)14/h4-5,8-9,11,13,15H,1-3,6-7,10H2. The van der Waals surface area contributed by atoms with E-state index in [-0.39, 0.29) is 0 Å². The van der Waals surface area contributed by atoms with Crippen LogP contribution in [-0.2, 0) is 0 Å². The summed E-state index contributed by atoms with van der Waals surface area (Å²) in [5.41, 5.74) is 1.53. The van der Waals surface area contributed by atoms with E-state index >= 15 is 0 Å². The highest BCUT2D eigenvalue weighted by Crippen LogP contribution is 2.38. The minimum absolute atomic E-state index is 0.601. The average molecular weight is 233 g/mol. The maximum atomic E-state index is 3.85. The average Bonchev–Trinajstić information content (AvgIpc) is 2.74. The second-order valence-corrected chi connectivity index (χ2v) is 5.96. The Morgan fingerprint density at radius 3 is 2.75 bits per heavy atom. The lowest BCUT2D eigenvalue weighted by Gasteiger charge is -2.26. The van der Waals surface area contributed by atoms with E-state index in [9.17, 15) is 0 Å². The Balaban J connectivity index is 1.68. The molecular formula is C14H19NS. The summed E-state index contributed by atoms with van der Waals surface area (Å²) in [5.74, 6) is 1.22. The molecule has 16 heavy (non-hydrogen) atoms. The van der Waals surface area contributed by atoms with Gasteiger partial charge in [0.2, 0.25) is 0 Å². The third-order valence-electron chi connectivity index (χ3n) is 3.74. The summed E-state index contributed by atoms with van der Waals surface area (Å²) in [7, 11) is 0. The lowest BCUT2D eigenvalue weighted by Crippen LogP contribution is -2.34. The Bertz CT molecular complexity index is 358. The zero-order valence-corrected chi connectivity index (χ0v) is 10.4. The molecule has 0 amide bonds. The molecule has 0 saturated heterocycles. The van der Waals surface area contributed by atoms with Crippen LogP contribution in [-0.4, -0.2) is 11.8 Å². The van der Waals surface area contributed by atoms with Gasteiger partial charge in [-0.25, -0.2) is 0 Å². The molecule has 1 unspecified atom stereocenters. The highest BCUT2D eigenvalue weighted by atomic mass is 32.2. The van der Waals surface area contributed by atoms with Gasteiger partial charge in [-0.05, 0) is 24.5 Å². The molecule has 3 rings (SSSR count). The van der Waals surface area contributed by atoms with E-state index in [4.69, 9.17) is 0 Å². The molecular weight excluding hydrogens is 214 g/mol. The van der Waals surface area contributed by atoms with Gasteiger partial charge < -0.3 is 5.32 Å². The van der Waals surface area contributed by atoms with Gasteiger partial charge in [-0.15, -0.1) is 11.8 Å². The van der Waals surface area contributed by atoms with Crippen molar-refractivity contribution in [3.63, 3.8) is 0 Å². The third-order valence-corrected chi connectivity index (χ3v) is 4.92. The summed E-state index contributed by atoms with van der Waals surface area (Å²) in [6, 6.07) is 10.2. The Hall–Kier alpha value is -0.470. The molecule has 2 heteroatoms. The lowest BCUT2D eigenvalue weighted by molar-refractivity contribution is 0.349. The number of hydrogen-bond acceptors (Lipinski definition) is 2. The maximum absolute atomic E-state index is 3.85. The molecule has 1 N–H and O–H groups in total. The summed E-state index contributed by atoms with van der Waals surface area (Å²) >= 11 is 2.00. The van der Waals surface area contributed by atoms with Gasteiger partial charge in [-0.2, -0.15) is 0 Å². The van der Waals surface area contributed by atoms with Crippen LogP contribution in [0, 0.1) is 0 Å². The number of rotatable bonds is 2. The van der Waals surface area contributed by atoms with Crippen molar-refractivity contribution in [2.24, 2.45) is 0 Å². The van der Waals surface area contributed by atoms with Gasteiger partial charge >= 0.3 is 0 Å². The zero-order valence-electron chi connectivity index (χ0n) is 9.61. The normalized spacial score (nSPS) is 25.6. The number of nitrogens with one attached hydrogen (secondary N) is 1. The van der Waals surface area contributed by atoms with Crippen molar-refractivity contribution in [2.75, 3.05) is 5.75 Å². The molecule has 1 aromatic carbocycles. The fourth-order valence-corrected chi connectivity index (χ4v) is 4.03. The van der Waals surface area contributed by atoms with Crippen molar-refractivity contribution in [3.05, 3.63) is 29.8 Å². The molecule has 0 spiro atoms. The Labute approximate surface area is 102 Å². The van der Waals surface area contributed by atoms with Crippen LogP contribution in [0.3, 0.4) is 0 Å². The summed E-state index contributed by atoms with van der Waals surface area (Å²) < 4.78 is 0. The molecule has 1 heterocycles. The van der Waals surface area contributed by atoms with Crippen LogP contribution in [0.15, 0.2) is 29.2 Å². The predicted molar refractivity (Wildman–Crippen MR) is 69.9 cm³/mol. The SMILES string of the molecule is c1ccc2c(c1)SCC2NC1CCCCC1. The second-order valence-electron chi connectivity index (χ2n) is 4.90. The first-order chi connectivity index (χ1) is 7.93. The highest BCUT2D eigenvalue weighted by Gasteiger charge is 2.25. The van der Waals surface area contributed by atoms with Crippen molar-refractivity contribution >= 4 is 11.8 Å². The van der Waals surface area contributed by atoms with E-state index in [2.05, 4.69) is 29.6 Å². The smallest absolute Gasteiger partial charge is 0.0428 e. The fraction of sp³-hybridized carbons (Fsp3) is 0.571. The molecule has 0 bridgehead atoms. The van der Waals surface area contributed by atoms with Gasteiger partial charge in [0, 0.05) is 22.7 Å². The highest BCUT2D eigenvalue weighted by molar-refractivity contribution is 7.99. The predicted octanol–water partition coefficient (Wildman–Crippen LogP) is 3.76. The first-order valence-electron chi connectivity index (χ1n) is 6.41. The van der Waals surface area contributed by atoms with Crippen LogP contribution in [0.5, 0.6) is 0 Å². The molecule has 86 valence electrons. The van der Waals surface area contributed by atoms with E-state index in [0.717, 1.165) is 6.04 Å². The topological polar surface area (TPSA) is 12.0 Å². The summed E-state index contributed by atoms with van der Waals surface area (Å²) in [4.78, 5) is 1.48. The van der Waals surface area contributed by atoms with Crippen molar-refractivity contribution in [1.29, 1.82) is 0 Å². The third kappa shape index (κ3) is 2.14. The van der Waals surface area contributed by atoms with Gasteiger partial charge in [0.25, 0.3) is 0 Å². The molecule has 1 aliphatic carbocycles. The van der Waals surface area contributed by atoms with E-state index in [1.54, 1.807) is 0 Å². The van der Waals surface area contributed by atoms with Crippen molar-refractivity contribution in [3.8, 4) is 0 Å². The number of hydrogen-bond donors (Lipinski definition) is 1. The Kier molecular flexibility index (Phi) is 3.20. The Morgan fingerprint density at radius 1 is 1.06 bits per heavy atom. The van der Waals surface area contributed by atoms with Gasteiger partial charge in [-0.1, -0.05) is 37.5 Å². The summed E-state index contributed by atoms with van der Waals surface area (Å²) in [6.07, 6.45) is 7.03. The van der Waals surface area contributed by atoms with Crippen LogP contribution in [0.1, 0.15) is 43.7 Å². The van der Waals surface area contributed by atoms with E-state index in [0.29, 0.717) is 6.04 Å². The fourth-order valence-electron chi connectivity index (χ4n) is 2.85. The molecule has 1 aliphatic heterocycles. The number of benzene rings is 1. The van der Waals surface area contributed by atoms with Crippen LogP contribution in [0.4, 0.5) is 0 Å². The molecule has 1 nitrogen and oxygen atoms in total. The lowest BCUT2D eigenvalue weighted by atomic mass is 9.94. The van der Waals surface area contributed by atoms with Crippen LogP contribution in [0.25, 0.3) is 0 Å². The van der Waals surface area contributed by atoms with Crippen molar-refractivity contribution in [2.45, 2.75) is 49.1 Å². The van der Waals surface area contributed by atoms with E-state index < -0.39 is 0 Å². The Morgan fingerprint density at radius 2 is 1.88 bits per heavy atom. The van der Waals surface area contributed by atoms with Crippen LogP contribution in [0.2, 0.25) is 0 Å².